The summed E-state index contributed by atoms with van der Waals surface area (Å²) in [5.41, 5.74) is -0.649. The number of amides is 1. The van der Waals surface area contributed by atoms with Crippen LogP contribution >= 0.6 is 11.6 Å². The summed E-state index contributed by atoms with van der Waals surface area (Å²) < 4.78 is 47.5. The molecule has 10 heteroatoms. The number of nitrogens with zero attached hydrogens (tertiary/aromatic N) is 3. The minimum atomic E-state index is -4.00. The van der Waals surface area contributed by atoms with Crippen LogP contribution in [0.3, 0.4) is 0 Å². The monoisotopic (exact) mass is 443 g/mol. The number of halogens is 2. The summed E-state index contributed by atoms with van der Waals surface area (Å²) in [6, 6.07) is 4.03. The molecule has 2 heterocycles. The number of aromatic nitrogens is 1. The van der Waals surface area contributed by atoms with Crippen LogP contribution in [0.5, 0.6) is 0 Å². The van der Waals surface area contributed by atoms with Crippen molar-refractivity contribution in [2.45, 2.75) is 43.7 Å². The van der Waals surface area contributed by atoms with Gasteiger partial charge < -0.3 is 9.64 Å². The van der Waals surface area contributed by atoms with Crippen LogP contribution in [-0.4, -0.2) is 60.5 Å². The smallest absolute Gasteiger partial charge is 0.410 e. The molecule has 158 valence electrons. The van der Waals surface area contributed by atoms with Crippen LogP contribution in [0, 0.1) is 5.82 Å². The number of fused-ring (bicyclic) bond motifs is 1. The van der Waals surface area contributed by atoms with E-state index in [4.69, 9.17) is 16.3 Å². The fourth-order valence-corrected chi connectivity index (χ4v) is 5.19. The van der Waals surface area contributed by atoms with E-state index in [1.54, 1.807) is 27.8 Å². The van der Waals surface area contributed by atoms with E-state index in [9.17, 15) is 17.6 Å². The molecule has 0 N–H and O–H groups in total. The van der Waals surface area contributed by atoms with Gasteiger partial charge in [0, 0.05) is 37.0 Å². The van der Waals surface area contributed by atoms with Crippen molar-refractivity contribution in [3.05, 3.63) is 35.4 Å². The van der Waals surface area contributed by atoms with Gasteiger partial charge in [0.2, 0.25) is 10.0 Å². The highest BCUT2D eigenvalue weighted by atomic mass is 35.5. The lowest BCUT2D eigenvalue weighted by molar-refractivity contribution is 0.0232. The Hall–Kier alpha value is -1.97. The third-order valence-corrected chi connectivity index (χ3v) is 6.96. The van der Waals surface area contributed by atoms with Crippen LogP contribution in [0.1, 0.15) is 27.2 Å². The third-order valence-electron chi connectivity index (χ3n) is 4.75. The molecule has 29 heavy (non-hydrogen) atoms. The second kappa shape index (κ2) is 7.70. The fourth-order valence-electron chi connectivity index (χ4n) is 3.28. The van der Waals surface area contributed by atoms with Crippen LogP contribution in [0.25, 0.3) is 10.8 Å². The number of hydrogen-bond acceptors (Lipinski definition) is 5. The summed E-state index contributed by atoms with van der Waals surface area (Å²) >= 11 is 6.02. The molecule has 1 aromatic heterocycles. The molecule has 0 aliphatic carbocycles. The molecule has 0 radical (unpaired) electrons. The zero-order chi connectivity index (χ0) is 21.6. The molecule has 7 nitrogen and oxygen atoms in total. The Bertz CT molecular complexity index is 1060. The Kier molecular flexibility index (Phi) is 5.77. The van der Waals surface area contributed by atoms with Gasteiger partial charge in [0.15, 0.2) is 5.82 Å². The summed E-state index contributed by atoms with van der Waals surface area (Å²) in [6.45, 7) is 5.59. The zero-order valence-electron chi connectivity index (χ0n) is 16.6. The predicted molar refractivity (Wildman–Crippen MR) is 108 cm³/mol. The number of carbonyl (C=O) groups is 1. The number of benzene rings is 1. The second-order valence-electron chi connectivity index (χ2n) is 7.97. The molecule has 3 rings (SSSR count). The lowest BCUT2D eigenvalue weighted by Gasteiger charge is -2.28. The van der Waals surface area contributed by atoms with Crippen molar-refractivity contribution in [2.75, 3.05) is 20.1 Å². The summed E-state index contributed by atoms with van der Waals surface area (Å²) in [4.78, 5) is 17.3. The summed E-state index contributed by atoms with van der Waals surface area (Å²) in [5, 5.41) is 0.174. The summed E-state index contributed by atoms with van der Waals surface area (Å²) in [6.07, 6.45) is 0.841. The number of hydrogen-bond donors (Lipinski definition) is 0. The van der Waals surface area contributed by atoms with E-state index in [1.807, 2.05) is 0 Å². The molecule has 0 spiro atoms. The van der Waals surface area contributed by atoms with E-state index in [-0.39, 0.29) is 40.0 Å². The molecular weight excluding hydrogens is 421 g/mol. The van der Waals surface area contributed by atoms with Gasteiger partial charge in [0.25, 0.3) is 0 Å². The van der Waals surface area contributed by atoms with Gasteiger partial charge in [-0.3, -0.25) is 0 Å². The maximum atomic E-state index is 14.4. The van der Waals surface area contributed by atoms with E-state index >= 15 is 0 Å². The molecule has 0 bridgehead atoms. The number of sulfonamides is 1. The number of pyridine rings is 1. The maximum Gasteiger partial charge on any atom is 0.410 e. The molecule has 1 amide bonds. The van der Waals surface area contributed by atoms with Crippen molar-refractivity contribution in [3.8, 4) is 0 Å². The average molecular weight is 444 g/mol. The Labute approximate surface area is 174 Å². The molecule has 1 saturated heterocycles. The van der Waals surface area contributed by atoms with E-state index in [0.29, 0.717) is 6.42 Å². The normalized spacial score (nSPS) is 18.2. The number of ether oxygens (including phenoxy) is 1. The van der Waals surface area contributed by atoms with Crippen LogP contribution in [0.15, 0.2) is 29.3 Å². The first-order chi connectivity index (χ1) is 13.4. The van der Waals surface area contributed by atoms with Crippen molar-refractivity contribution in [1.29, 1.82) is 0 Å². The Morgan fingerprint density at radius 1 is 1.38 bits per heavy atom. The highest BCUT2D eigenvalue weighted by Gasteiger charge is 2.37. The first-order valence-corrected chi connectivity index (χ1v) is 10.9. The van der Waals surface area contributed by atoms with E-state index in [1.165, 1.54) is 27.4 Å². The first kappa shape index (κ1) is 21.7. The van der Waals surface area contributed by atoms with Gasteiger partial charge in [-0.15, -0.1) is 0 Å². The molecule has 1 fully saturated rings. The van der Waals surface area contributed by atoms with E-state index < -0.39 is 27.5 Å². The quantitative estimate of drug-likeness (QED) is 0.676. The van der Waals surface area contributed by atoms with E-state index in [2.05, 4.69) is 4.98 Å². The Balaban J connectivity index is 1.88. The van der Waals surface area contributed by atoms with Crippen LogP contribution in [-0.2, 0) is 14.8 Å². The second-order valence-corrected chi connectivity index (χ2v) is 10.2. The van der Waals surface area contributed by atoms with Gasteiger partial charge >= 0.3 is 6.09 Å². The van der Waals surface area contributed by atoms with Crippen molar-refractivity contribution < 1.29 is 22.3 Å². The molecule has 1 atom stereocenters. The van der Waals surface area contributed by atoms with Crippen LogP contribution in [0.2, 0.25) is 5.15 Å². The number of carbonyl (C=O) groups excluding carboxylic acids is 1. The van der Waals surface area contributed by atoms with Crippen LogP contribution in [0.4, 0.5) is 9.18 Å². The molecule has 1 aliphatic heterocycles. The van der Waals surface area contributed by atoms with Crippen LogP contribution < -0.4 is 0 Å². The molecule has 0 unspecified atom stereocenters. The Morgan fingerprint density at radius 3 is 2.72 bits per heavy atom. The molecule has 2 aromatic rings. The standard InChI is InChI=1S/C19H23ClFN3O4S/c1-19(2,3)28-18(25)23(4)12-8-9-24(11-12)29(26,27)15-7-5-6-13-16(15)14(21)10-22-17(13)20/h5-7,10,12H,8-9,11H2,1-4H3/t12-/m1/s1. The highest BCUT2D eigenvalue weighted by Crippen LogP contribution is 2.32. The molecular formula is C19H23ClFN3O4S. The average Bonchev–Trinajstić information content (AvgIpc) is 3.13. The van der Waals surface area contributed by atoms with Gasteiger partial charge in [-0.2, -0.15) is 4.31 Å². The number of rotatable bonds is 3. The first-order valence-electron chi connectivity index (χ1n) is 9.10. The molecule has 0 saturated carbocycles. The minimum absolute atomic E-state index is 0.0300. The van der Waals surface area contributed by atoms with Crippen molar-refractivity contribution >= 4 is 38.5 Å². The van der Waals surface area contributed by atoms with Crippen molar-refractivity contribution in [1.82, 2.24) is 14.2 Å². The van der Waals surface area contributed by atoms with E-state index in [0.717, 1.165) is 6.20 Å². The fraction of sp³-hybridized carbons (Fsp3) is 0.474. The third kappa shape index (κ3) is 4.31. The van der Waals surface area contributed by atoms with Crippen molar-refractivity contribution in [2.24, 2.45) is 0 Å². The van der Waals surface area contributed by atoms with Gasteiger partial charge in [-0.25, -0.2) is 22.6 Å². The maximum absolute atomic E-state index is 14.4. The largest absolute Gasteiger partial charge is 0.444 e. The summed E-state index contributed by atoms with van der Waals surface area (Å²) in [7, 11) is -2.42. The predicted octanol–water partition coefficient (Wildman–Crippen LogP) is 3.66. The van der Waals surface area contributed by atoms with Gasteiger partial charge in [-0.1, -0.05) is 23.7 Å². The van der Waals surface area contributed by atoms with Crippen molar-refractivity contribution in [3.63, 3.8) is 0 Å². The Morgan fingerprint density at radius 2 is 2.07 bits per heavy atom. The van der Waals surface area contributed by atoms with Gasteiger partial charge in [-0.05, 0) is 33.3 Å². The topological polar surface area (TPSA) is 79.8 Å². The molecule has 1 aromatic carbocycles. The van der Waals surface area contributed by atoms with Gasteiger partial charge in [0.05, 0.1) is 11.1 Å². The number of likely N-dealkylation sites (N-methyl/N-ethyl adjacent to an activating group) is 1. The lowest BCUT2D eigenvalue weighted by Crippen LogP contribution is -2.42. The lowest BCUT2D eigenvalue weighted by atomic mass is 10.2. The minimum Gasteiger partial charge on any atom is -0.444 e. The SMILES string of the molecule is CN(C(=O)OC(C)(C)C)[C@@H]1CCN(S(=O)(=O)c2cccc3c(Cl)ncc(F)c23)C1. The highest BCUT2D eigenvalue weighted by molar-refractivity contribution is 7.89. The molecule has 1 aliphatic rings. The summed E-state index contributed by atoms with van der Waals surface area (Å²) in [5.74, 6) is -0.759. The van der Waals surface area contributed by atoms with Gasteiger partial charge in [0.1, 0.15) is 10.8 Å². The zero-order valence-corrected chi connectivity index (χ0v) is 18.2.